The number of aryl methyl sites for hydroxylation is 2. The predicted molar refractivity (Wildman–Crippen MR) is 75.7 cm³/mol. The van der Waals surface area contributed by atoms with Crippen LogP contribution in [0.1, 0.15) is 29.8 Å². The normalized spacial score (nSPS) is 14.5. The SMILES string of the molecule is c1ccc(CCc2ncc(CNC3CC3)cn2)cc1. The maximum absolute atomic E-state index is 4.44. The summed E-state index contributed by atoms with van der Waals surface area (Å²) in [5.74, 6) is 0.930. The Balaban J connectivity index is 1.50. The van der Waals surface area contributed by atoms with E-state index < -0.39 is 0 Å². The van der Waals surface area contributed by atoms with Gasteiger partial charge in [0.15, 0.2) is 0 Å². The van der Waals surface area contributed by atoms with Crippen LogP contribution in [0.15, 0.2) is 42.7 Å². The van der Waals surface area contributed by atoms with Crippen LogP contribution in [0.2, 0.25) is 0 Å². The van der Waals surface area contributed by atoms with Crippen molar-refractivity contribution in [3.63, 3.8) is 0 Å². The molecule has 1 heterocycles. The molecule has 0 atom stereocenters. The Morgan fingerprint density at radius 3 is 2.37 bits per heavy atom. The molecule has 0 bridgehead atoms. The van der Waals surface area contributed by atoms with Gasteiger partial charge in [-0.05, 0) is 24.8 Å². The van der Waals surface area contributed by atoms with Gasteiger partial charge in [-0.2, -0.15) is 0 Å². The predicted octanol–water partition coefficient (Wildman–Crippen LogP) is 2.51. The zero-order chi connectivity index (χ0) is 12.9. The van der Waals surface area contributed by atoms with E-state index in [1.54, 1.807) is 0 Å². The minimum absolute atomic E-state index is 0.734. The van der Waals surface area contributed by atoms with E-state index in [1.807, 2.05) is 18.5 Å². The third-order valence-corrected chi connectivity index (χ3v) is 3.41. The lowest BCUT2D eigenvalue weighted by molar-refractivity contribution is 0.680. The summed E-state index contributed by atoms with van der Waals surface area (Å²) in [6.45, 7) is 0.892. The van der Waals surface area contributed by atoms with Gasteiger partial charge in [0.1, 0.15) is 5.82 Å². The largest absolute Gasteiger partial charge is 0.310 e. The molecule has 3 heteroatoms. The number of aromatic nitrogens is 2. The van der Waals surface area contributed by atoms with E-state index in [9.17, 15) is 0 Å². The third-order valence-electron chi connectivity index (χ3n) is 3.41. The first kappa shape index (κ1) is 12.3. The number of hydrogen-bond donors (Lipinski definition) is 1. The van der Waals surface area contributed by atoms with Crippen LogP contribution in [0, 0.1) is 0 Å². The second-order valence-corrected chi connectivity index (χ2v) is 5.15. The molecule has 1 aromatic heterocycles. The van der Waals surface area contributed by atoms with Crippen molar-refractivity contribution >= 4 is 0 Å². The molecular weight excluding hydrogens is 234 g/mol. The highest BCUT2D eigenvalue weighted by Gasteiger charge is 2.19. The summed E-state index contributed by atoms with van der Waals surface area (Å²) < 4.78 is 0. The van der Waals surface area contributed by atoms with Crippen molar-refractivity contribution in [1.82, 2.24) is 15.3 Å². The van der Waals surface area contributed by atoms with Crippen LogP contribution in [0.5, 0.6) is 0 Å². The zero-order valence-electron chi connectivity index (χ0n) is 11.0. The molecule has 19 heavy (non-hydrogen) atoms. The minimum atomic E-state index is 0.734. The molecule has 0 saturated heterocycles. The fraction of sp³-hybridized carbons (Fsp3) is 0.375. The lowest BCUT2D eigenvalue weighted by Gasteiger charge is -2.04. The fourth-order valence-corrected chi connectivity index (χ4v) is 2.05. The van der Waals surface area contributed by atoms with E-state index in [-0.39, 0.29) is 0 Å². The molecule has 1 aromatic carbocycles. The molecule has 3 rings (SSSR count). The van der Waals surface area contributed by atoms with Gasteiger partial charge in [-0.3, -0.25) is 0 Å². The molecule has 1 aliphatic carbocycles. The van der Waals surface area contributed by atoms with Gasteiger partial charge in [0.25, 0.3) is 0 Å². The Kier molecular flexibility index (Phi) is 3.84. The van der Waals surface area contributed by atoms with Gasteiger partial charge in [-0.1, -0.05) is 30.3 Å². The first-order chi connectivity index (χ1) is 9.40. The molecule has 1 N–H and O–H groups in total. The maximum Gasteiger partial charge on any atom is 0.128 e. The minimum Gasteiger partial charge on any atom is -0.310 e. The van der Waals surface area contributed by atoms with E-state index in [0.29, 0.717) is 0 Å². The molecule has 1 saturated carbocycles. The Hall–Kier alpha value is -1.74. The van der Waals surface area contributed by atoms with E-state index in [2.05, 4.69) is 39.6 Å². The summed E-state index contributed by atoms with van der Waals surface area (Å²) in [7, 11) is 0. The molecule has 2 aromatic rings. The van der Waals surface area contributed by atoms with Gasteiger partial charge >= 0.3 is 0 Å². The number of rotatable bonds is 6. The van der Waals surface area contributed by atoms with Crippen molar-refractivity contribution in [2.75, 3.05) is 0 Å². The number of benzene rings is 1. The van der Waals surface area contributed by atoms with Crippen molar-refractivity contribution in [2.45, 2.75) is 38.3 Å². The van der Waals surface area contributed by atoms with Gasteiger partial charge in [0.05, 0.1) is 0 Å². The maximum atomic E-state index is 4.44. The van der Waals surface area contributed by atoms with Gasteiger partial charge in [0.2, 0.25) is 0 Å². The average molecular weight is 253 g/mol. The van der Waals surface area contributed by atoms with E-state index in [4.69, 9.17) is 0 Å². The van der Waals surface area contributed by atoms with Crippen LogP contribution < -0.4 is 5.32 Å². The monoisotopic (exact) mass is 253 g/mol. The van der Waals surface area contributed by atoms with Crippen molar-refractivity contribution in [3.05, 3.63) is 59.7 Å². The number of hydrogen-bond acceptors (Lipinski definition) is 3. The van der Waals surface area contributed by atoms with E-state index >= 15 is 0 Å². The topological polar surface area (TPSA) is 37.8 Å². The summed E-state index contributed by atoms with van der Waals surface area (Å²) in [6.07, 6.45) is 8.43. The lowest BCUT2D eigenvalue weighted by atomic mass is 10.1. The lowest BCUT2D eigenvalue weighted by Crippen LogP contribution is -2.15. The Labute approximate surface area is 114 Å². The smallest absolute Gasteiger partial charge is 0.128 e. The van der Waals surface area contributed by atoms with Crippen LogP contribution >= 0.6 is 0 Å². The van der Waals surface area contributed by atoms with E-state index in [0.717, 1.165) is 31.3 Å². The summed E-state index contributed by atoms with van der Waals surface area (Å²) in [6, 6.07) is 11.2. The molecule has 3 nitrogen and oxygen atoms in total. The molecule has 0 amide bonds. The second kappa shape index (κ2) is 5.93. The van der Waals surface area contributed by atoms with Crippen molar-refractivity contribution in [2.24, 2.45) is 0 Å². The summed E-state index contributed by atoms with van der Waals surface area (Å²) in [4.78, 5) is 8.88. The Morgan fingerprint density at radius 1 is 0.947 bits per heavy atom. The van der Waals surface area contributed by atoms with Gasteiger partial charge in [-0.15, -0.1) is 0 Å². The highest BCUT2D eigenvalue weighted by molar-refractivity contribution is 5.15. The molecule has 0 spiro atoms. The Bertz CT molecular complexity index is 503. The first-order valence-corrected chi connectivity index (χ1v) is 6.97. The molecule has 0 radical (unpaired) electrons. The van der Waals surface area contributed by atoms with Crippen molar-refractivity contribution in [1.29, 1.82) is 0 Å². The molecule has 1 aliphatic rings. The van der Waals surface area contributed by atoms with Crippen LogP contribution in [0.3, 0.4) is 0 Å². The van der Waals surface area contributed by atoms with Gasteiger partial charge < -0.3 is 5.32 Å². The standard InChI is InChI=1S/C16H19N3/c1-2-4-13(5-3-1)6-9-16-18-11-14(12-19-16)10-17-15-7-8-15/h1-5,11-12,15,17H,6-10H2. The van der Waals surface area contributed by atoms with Crippen LogP contribution in [-0.4, -0.2) is 16.0 Å². The Morgan fingerprint density at radius 2 is 1.68 bits per heavy atom. The van der Waals surface area contributed by atoms with E-state index in [1.165, 1.54) is 24.0 Å². The number of nitrogens with one attached hydrogen (secondary N) is 1. The van der Waals surface area contributed by atoms with Gasteiger partial charge in [-0.25, -0.2) is 9.97 Å². The molecule has 0 unspecified atom stereocenters. The third kappa shape index (κ3) is 3.86. The quantitative estimate of drug-likeness (QED) is 0.859. The second-order valence-electron chi connectivity index (χ2n) is 5.15. The first-order valence-electron chi connectivity index (χ1n) is 6.97. The van der Waals surface area contributed by atoms with Crippen molar-refractivity contribution < 1.29 is 0 Å². The molecule has 98 valence electrons. The van der Waals surface area contributed by atoms with Crippen LogP contribution in [0.25, 0.3) is 0 Å². The fourth-order valence-electron chi connectivity index (χ4n) is 2.05. The van der Waals surface area contributed by atoms with Crippen LogP contribution in [-0.2, 0) is 19.4 Å². The zero-order valence-corrected chi connectivity index (χ0v) is 11.0. The average Bonchev–Trinajstić information content (AvgIpc) is 3.29. The molecular formula is C16H19N3. The molecule has 1 fully saturated rings. The highest BCUT2D eigenvalue weighted by Crippen LogP contribution is 2.19. The summed E-state index contributed by atoms with van der Waals surface area (Å²) in [5.41, 5.74) is 2.51. The van der Waals surface area contributed by atoms with Gasteiger partial charge in [0, 0.05) is 37.0 Å². The molecule has 0 aliphatic heterocycles. The number of nitrogens with zero attached hydrogens (tertiary/aromatic N) is 2. The van der Waals surface area contributed by atoms with Crippen LogP contribution in [0.4, 0.5) is 0 Å². The summed E-state index contributed by atoms with van der Waals surface area (Å²) >= 11 is 0. The summed E-state index contributed by atoms with van der Waals surface area (Å²) in [5, 5.41) is 3.47. The highest BCUT2D eigenvalue weighted by atomic mass is 15.0. The van der Waals surface area contributed by atoms with Crippen molar-refractivity contribution in [3.8, 4) is 0 Å².